The smallest absolute Gasteiger partial charge is 0.274 e. The number of benzene rings is 1. The van der Waals surface area contributed by atoms with Crippen LogP contribution in [0.25, 0.3) is 0 Å². The number of aromatic hydroxyl groups is 1. The Hall–Kier alpha value is -2.98. The average molecular weight is 470 g/mol. The maximum absolute atomic E-state index is 14.1. The van der Waals surface area contributed by atoms with Gasteiger partial charge in [0.15, 0.2) is 11.4 Å². The van der Waals surface area contributed by atoms with E-state index in [9.17, 15) is 28.3 Å². The molecule has 0 bridgehead atoms. The number of carbonyl (C=O) groups excluding carboxylic acids is 2. The van der Waals surface area contributed by atoms with Gasteiger partial charge in [-0.15, -0.1) is 0 Å². The zero-order valence-electron chi connectivity index (χ0n) is 17.4. The Bertz CT molecular complexity index is 1150. The van der Waals surface area contributed by atoms with Gasteiger partial charge < -0.3 is 25.0 Å². The second-order valence-corrected chi connectivity index (χ2v) is 7.65. The van der Waals surface area contributed by atoms with Crippen LogP contribution in [0.3, 0.4) is 0 Å². The molecule has 1 aromatic carbocycles. The largest absolute Gasteiger partial charge is 0.503 e. The van der Waals surface area contributed by atoms with Gasteiger partial charge >= 0.3 is 0 Å². The molecule has 2 aromatic rings. The van der Waals surface area contributed by atoms with Crippen molar-refractivity contribution in [1.82, 2.24) is 14.8 Å². The van der Waals surface area contributed by atoms with Gasteiger partial charge in [0.25, 0.3) is 11.8 Å². The molecule has 0 saturated carbocycles. The minimum Gasteiger partial charge on any atom is -0.503 e. The van der Waals surface area contributed by atoms with Gasteiger partial charge in [-0.3, -0.25) is 14.4 Å². The molecule has 172 valence electrons. The number of aliphatic hydroxyl groups is 1. The lowest BCUT2D eigenvalue weighted by Crippen LogP contribution is -2.44. The van der Waals surface area contributed by atoms with Crippen molar-refractivity contribution in [3.05, 3.63) is 61.5 Å². The molecule has 11 heteroatoms. The molecule has 4 rings (SSSR count). The zero-order chi connectivity index (χ0) is 23.7. The van der Waals surface area contributed by atoms with E-state index in [0.717, 1.165) is 19.2 Å². The van der Waals surface area contributed by atoms with Gasteiger partial charge in [-0.25, -0.2) is 8.78 Å². The highest BCUT2D eigenvalue weighted by atomic mass is 35.5. The van der Waals surface area contributed by atoms with Crippen LogP contribution in [0.15, 0.2) is 16.9 Å². The van der Waals surface area contributed by atoms with Crippen molar-refractivity contribution in [2.45, 2.75) is 32.4 Å². The van der Waals surface area contributed by atoms with Crippen LogP contribution in [0.2, 0.25) is 5.02 Å². The molecule has 2 amide bonds. The van der Waals surface area contributed by atoms with E-state index >= 15 is 0 Å². The second kappa shape index (κ2) is 9.25. The molecule has 1 unspecified atom stereocenters. The molecule has 0 spiro atoms. The summed E-state index contributed by atoms with van der Waals surface area (Å²) in [6, 6.07) is 1.97. The van der Waals surface area contributed by atoms with Gasteiger partial charge in [0.05, 0.1) is 6.04 Å². The quantitative estimate of drug-likeness (QED) is 0.593. The predicted molar refractivity (Wildman–Crippen MR) is 112 cm³/mol. The Kier molecular flexibility index (Phi) is 6.85. The SMILES string of the molecule is CCN1CC2CCc3c(C(=O)NCc4ccc(F)c(Cl)c4F)c(=O)c(O)c(n32)C1=O.CO. The van der Waals surface area contributed by atoms with E-state index in [1.54, 1.807) is 16.4 Å². The standard InChI is InChI=1S/C20H18ClF2N3O4.CH4O/c1-2-25-8-10-4-6-12-13(17(27)18(28)16(20(25)30)26(10)12)19(29)24-7-9-3-5-11(22)14(21)15(9)23;1-2/h3,5,10,28H,2,4,6-8H2,1H3,(H,24,29);2H,1H3. The van der Waals surface area contributed by atoms with Crippen LogP contribution in [0.4, 0.5) is 8.78 Å². The number of pyridine rings is 1. The molecule has 2 aliphatic rings. The van der Waals surface area contributed by atoms with Gasteiger partial charge in [0, 0.05) is 38.0 Å². The highest BCUT2D eigenvalue weighted by Crippen LogP contribution is 2.36. The first kappa shape index (κ1) is 23.7. The Labute approximate surface area is 187 Å². The predicted octanol–water partition coefficient (Wildman–Crippen LogP) is 1.99. The number of amides is 2. The summed E-state index contributed by atoms with van der Waals surface area (Å²) in [4.78, 5) is 39.7. The second-order valence-electron chi connectivity index (χ2n) is 7.27. The molecule has 1 atom stereocenters. The molecule has 0 radical (unpaired) electrons. The van der Waals surface area contributed by atoms with Gasteiger partial charge in [-0.05, 0) is 25.8 Å². The molecule has 3 N–H and O–H groups in total. The number of hydrogen-bond donors (Lipinski definition) is 3. The van der Waals surface area contributed by atoms with Crippen LogP contribution in [0.5, 0.6) is 5.75 Å². The third-order valence-electron chi connectivity index (χ3n) is 5.65. The van der Waals surface area contributed by atoms with Crippen molar-refractivity contribution in [3.63, 3.8) is 0 Å². The molecule has 0 saturated heterocycles. The fourth-order valence-corrected chi connectivity index (χ4v) is 4.33. The first-order chi connectivity index (χ1) is 15.3. The summed E-state index contributed by atoms with van der Waals surface area (Å²) in [5.41, 5.74) is -1.00. The van der Waals surface area contributed by atoms with Crippen LogP contribution < -0.4 is 10.7 Å². The zero-order valence-corrected chi connectivity index (χ0v) is 18.2. The van der Waals surface area contributed by atoms with Crippen LogP contribution in [0.1, 0.15) is 51.5 Å². The van der Waals surface area contributed by atoms with E-state index in [1.165, 1.54) is 0 Å². The normalized spacial score (nSPS) is 16.4. The van der Waals surface area contributed by atoms with Crippen molar-refractivity contribution in [3.8, 4) is 5.75 Å². The van der Waals surface area contributed by atoms with Crippen molar-refractivity contribution in [2.24, 2.45) is 0 Å². The van der Waals surface area contributed by atoms with Gasteiger partial charge in [0.1, 0.15) is 22.2 Å². The lowest BCUT2D eigenvalue weighted by atomic mass is 10.1. The first-order valence-electron chi connectivity index (χ1n) is 9.91. The summed E-state index contributed by atoms with van der Waals surface area (Å²) in [5, 5.41) is 19.2. The summed E-state index contributed by atoms with van der Waals surface area (Å²) < 4.78 is 29.0. The highest BCUT2D eigenvalue weighted by molar-refractivity contribution is 6.30. The van der Waals surface area contributed by atoms with Gasteiger partial charge in [0.2, 0.25) is 5.43 Å². The van der Waals surface area contributed by atoms with Crippen LogP contribution in [-0.2, 0) is 13.0 Å². The lowest BCUT2D eigenvalue weighted by Gasteiger charge is -2.34. The summed E-state index contributed by atoms with van der Waals surface area (Å²) in [7, 11) is 1.00. The maximum atomic E-state index is 14.1. The number of halogens is 3. The van der Waals surface area contributed by atoms with E-state index in [4.69, 9.17) is 16.7 Å². The number of aromatic nitrogens is 1. The van der Waals surface area contributed by atoms with Crippen molar-refractivity contribution < 1.29 is 28.6 Å². The number of nitrogens with zero attached hydrogens (tertiary/aromatic N) is 2. The molecule has 0 fully saturated rings. The lowest BCUT2D eigenvalue weighted by molar-refractivity contribution is 0.0676. The molecule has 1 aromatic heterocycles. The Morgan fingerprint density at radius 2 is 1.97 bits per heavy atom. The Morgan fingerprint density at radius 1 is 1.28 bits per heavy atom. The third kappa shape index (κ3) is 3.73. The summed E-state index contributed by atoms with van der Waals surface area (Å²) in [6.45, 7) is 2.34. The molecule has 32 heavy (non-hydrogen) atoms. The number of nitrogens with one attached hydrogen (secondary N) is 1. The topological polar surface area (TPSA) is 112 Å². The number of likely N-dealkylation sites (N-methyl/N-ethyl adjacent to an activating group) is 1. The minimum absolute atomic E-state index is 0.0555. The van der Waals surface area contributed by atoms with E-state index < -0.39 is 39.6 Å². The number of hydrogen-bond acceptors (Lipinski definition) is 5. The summed E-state index contributed by atoms with van der Waals surface area (Å²) in [6.07, 6.45) is 1.000. The third-order valence-corrected chi connectivity index (χ3v) is 6.00. The maximum Gasteiger partial charge on any atom is 0.274 e. The summed E-state index contributed by atoms with van der Waals surface area (Å²) >= 11 is 5.55. The number of rotatable bonds is 4. The van der Waals surface area contributed by atoms with Crippen molar-refractivity contribution in [1.29, 1.82) is 0 Å². The Balaban J connectivity index is 0.00000141. The highest BCUT2D eigenvalue weighted by Gasteiger charge is 2.40. The average Bonchev–Trinajstić information content (AvgIpc) is 3.20. The Morgan fingerprint density at radius 3 is 2.62 bits per heavy atom. The van der Waals surface area contributed by atoms with E-state index in [1.807, 2.05) is 0 Å². The van der Waals surface area contributed by atoms with Crippen molar-refractivity contribution >= 4 is 23.4 Å². The monoisotopic (exact) mass is 469 g/mol. The summed E-state index contributed by atoms with van der Waals surface area (Å²) in [5.74, 6) is -3.97. The fraction of sp³-hybridized carbons (Fsp3) is 0.381. The van der Waals surface area contributed by atoms with Crippen LogP contribution in [0, 0.1) is 11.6 Å². The first-order valence-corrected chi connectivity index (χ1v) is 10.3. The van der Waals surface area contributed by atoms with Gasteiger partial charge in [-0.1, -0.05) is 17.7 Å². The minimum atomic E-state index is -1.00. The van der Waals surface area contributed by atoms with E-state index in [2.05, 4.69) is 5.32 Å². The van der Waals surface area contributed by atoms with Crippen LogP contribution in [-0.4, -0.2) is 51.7 Å². The molecule has 3 heterocycles. The molecule has 2 aliphatic heterocycles. The molecular weight excluding hydrogens is 448 g/mol. The number of aliphatic hydroxyl groups excluding tert-OH is 1. The van der Waals surface area contributed by atoms with Crippen LogP contribution >= 0.6 is 11.6 Å². The van der Waals surface area contributed by atoms with E-state index in [0.29, 0.717) is 31.6 Å². The number of carbonyl (C=O) groups is 2. The molecular formula is C21H22ClF2N3O5. The molecule has 8 nitrogen and oxygen atoms in total. The van der Waals surface area contributed by atoms with Crippen molar-refractivity contribution in [2.75, 3.05) is 20.2 Å². The van der Waals surface area contributed by atoms with E-state index in [-0.39, 0.29) is 29.4 Å². The van der Waals surface area contributed by atoms with Gasteiger partial charge in [-0.2, -0.15) is 0 Å². The molecule has 0 aliphatic carbocycles. The fourth-order valence-electron chi connectivity index (χ4n) is 4.14.